The van der Waals surface area contributed by atoms with E-state index in [4.69, 9.17) is 9.47 Å². The first-order valence-corrected chi connectivity index (χ1v) is 9.89. The van der Waals surface area contributed by atoms with Gasteiger partial charge in [-0.15, -0.1) is 11.3 Å². The first kappa shape index (κ1) is 19.9. The van der Waals surface area contributed by atoms with Crippen molar-refractivity contribution in [2.75, 3.05) is 11.9 Å². The molecule has 5 nitrogen and oxygen atoms in total. The zero-order valence-electron chi connectivity index (χ0n) is 16.4. The number of carbonyl (C=O) groups excluding carboxylic acids is 2. The van der Waals surface area contributed by atoms with Crippen LogP contribution in [0.2, 0.25) is 0 Å². The summed E-state index contributed by atoms with van der Waals surface area (Å²) in [7, 11) is 0. The van der Waals surface area contributed by atoms with E-state index in [0.29, 0.717) is 16.3 Å². The molecule has 1 aromatic heterocycles. The second-order valence-electron chi connectivity index (χ2n) is 6.79. The van der Waals surface area contributed by atoms with Crippen LogP contribution < -0.4 is 10.1 Å². The molecule has 1 amide bonds. The topological polar surface area (TPSA) is 64.6 Å². The van der Waals surface area contributed by atoms with Gasteiger partial charge >= 0.3 is 5.97 Å². The van der Waals surface area contributed by atoms with E-state index in [0.717, 1.165) is 21.2 Å². The van der Waals surface area contributed by atoms with Crippen molar-refractivity contribution in [3.05, 3.63) is 58.5 Å². The molecule has 0 saturated heterocycles. The largest absolute Gasteiger partial charge is 0.484 e. The summed E-state index contributed by atoms with van der Waals surface area (Å²) in [5, 5.41) is 5.43. The Balaban J connectivity index is 1.69. The highest BCUT2D eigenvalue weighted by Crippen LogP contribution is 2.33. The van der Waals surface area contributed by atoms with Gasteiger partial charge in [0.2, 0.25) is 0 Å². The van der Waals surface area contributed by atoms with Crippen LogP contribution in [-0.4, -0.2) is 24.6 Å². The lowest BCUT2D eigenvalue weighted by Crippen LogP contribution is -2.21. The lowest BCUT2D eigenvalue weighted by Gasteiger charge is -2.11. The Kier molecular flexibility index (Phi) is 5.99. The van der Waals surface area contributed by atoms with E-state index in [1.165, 1.54) is 11.3 Å². The highest BCUT2D eigenvalue weighted by molar-refractivity contribution is 7.16. The van der Waals surface area contributed by atoms with Crippen molar-refractivity contribution in [3.8, 4) is 5.75 Å². The Morgan fingerprint density at radius 1 is 1.07 bits per heavy atom. The average molecular weight is 397 g/mol. The molecule has 28 heavy (non-hydrogen) atoms. The van der Waals surface area contributed by atoms with Crippen molar-refractivity contribution in [3.63, 3.8) is 0 Å². The summed E-state index contributed by atoms with van der Waals surface area (Å²) in [6.45, 7) is 7.20. The van der Waals surface area contributed by atoms with Crippen LogP contribution >= 0.6 is 11.3 Å². The number of ether oxygens (including phenoxy) is 2. The SMILES string of the molecule is Cc1sc(NC(=O)COc2ccc3ccccc3c2)c(C(=O)OC(C)C)c1C. The van der Waals surface area contributed by atoms with E-state index in [-0.39, 0.29) is 18.6 Å². The van der Waals surface area contributed by atoms with Gasteiger partial charge in [0.15, 0.2) is 6.61 Å². The van der Waals surface area contributed by atoms with Crippen molar-refractivity contribution < 1.29 is 19.1 Å². The van der Waals surface area contributed by atoms with Crippen LogP contribution in [0.3, 0.4) is 0 Å². The number of carbonyl (C=O) groups is 2. The van der Waals surface area contributed by atoms with Crippen LogP contribution in [0.1, 0.15) is 34.6 Å². The number of aryl methyl sites for hydroxylation is 1. The standard InChI is InChI=1S/C22H23NO4S/c1-13(2)27-22(25)20-14(3)15(4)28-21(20)23-19(24)12-26-18-10-9-16-7-5-6-8-17(16)11-18/h5-11,13H,12H2,1-4H3,(H,23,24). The smallest absolute Gasteiger partial charge is 0.341 e. The number of amides is 1. The molecule has 0 spiro atoms. The first-order chi connectivity index (χ1) is 13.3. The summed E-state index contributed by atoms with van der Waals surface area (Å²) in [6, 6.07) is 13.6. The van der Waals surface area contributed by atoms with Crippen LogP contribution in [0.15, 0.2) is 42.5 Å². The molecule has 1 heterocycles. The van der Waals surface area contributed by atoms with Crippen LogP contribution in [0.5, 0.6) is 5.75 Å². The monoisotopic (exact) mass is 397 g/mol. The number of hydrogen-bond donors (Lipinski definition) is 1. The van der Waals surface area contributed by atoms with Gasteiger partial charge in [-0.1, -0.05) is 30.3 Å². The number of anilines is 1. The van der Waals surface area contributed by atoms with Crippen molar-refractivity contribution in [1.29, 1.82) is 0 Å². The Bertz CT molecular complexity index is 1020. The van der Waals surface area contributed by atoms with Gasteiger partial charge < -0.3 is 14.8 Å². The molecule has 0 atom stereocenters. The number of rotatable bonds is 6. The lowest BCUT2D eigenvalue weighted by molar-refractivity contribution is -0.118. The number of nitrogens with one attached hydrogen (secondary N) is 1. The third-order valence-corrected chi connectivity index (χ3v) is 5.40. The minimum Gasteiger partial charge on any atom is -0.484 e. The van der Waals surface area contributed by atoms with Crippen molar-refractivity contribution in [2.24, 2.45) is 0 Å². The Morgan fingerprint density at radius 2 is 1.79 bits per heavy atom. The number of esters is 1. The third kappa shape index (κ3) is 4.51. The minimum absolute atomic E-state index is 0.146. The van der Waals surface area contributed by atoms with Gasteiger partial charge in [0.05, 0.1) is 11.7 Å². The van der Waals surface area contributed by atoms with Crippen molar-refractivity contribution >= 4 is 39.0 Å². The minimum atomic E-state index is -0.428. The predicted octanol–water partition coefficient (Wildman–Crippen LogP) is 5.10. The predicted molar refractivity (Wildman–Crippen MR) is 112 cm³/mol. The second kappa shape index (κ2) is 8.44. The van der Waals surface area contributed by atoms with Crippen LogP contribution in [0, 0.1) is 13.8 Å². The summed E-state index contributed by atoms with van der Waals surface area (Å²) in [4.78, 5) is 25.7. The third-order valence-electron chi connectivity index (χ3n) is 4.28. The van der Waals surface area contributed by atoms with E-state index in [9.17, 15) is 9.59 Å². The van der Waals surface area contributed by atoms with Crippen molar-refractivity contribution in [2.45, 2.75) is 33.8 Å². The molecule has 0 aliphatic carbocycles. The van der Waals surface area contributed by atoms with E-state index < -0.39 is 5.97 Å². The molecular weight excluding hydrogens is 374 g/mol. The molecule has 1 N–H and O–H groups in total. The number of thiophene rings is 1. The molecule has 6 heteroatoms. The second-order valence-corrected chi connectivity index (χ2v) is 8.01. The Labute approximate surface area is 168 Å². The molecule has 0 bridgehead atoms. The quantitative estimate of drug-likeness (QED) is 0.588. The fourth-order valence-corrected chi connectivity index (χ4v) is 3.87. The maximum atomic E-state index is 12.4. The number of hydrogen-bond acceptors (Lipinski definition) is 5. The zero-order valence-corrected chi connectivity index (χ0v) is 17.2. The average Bonchev–Trinajstić information content (AvgIpc) is 2.92. The summed E-state index contributed by atoms with van der Waals surface area (Å²) in [5.74, 6) is -0.137. The molecule has 0 fully saturated rings. The Morgan fingerprint density at radius 3 is 2.50 bits per heavy atom. The van der Waals surface area contributed by atoms with Gasteiger partial charge in [0, 0.05) is 4.88 Å². The van der Waals surface area contributed by atoms with Crippen LogP contribution in [0.4, 0.5) is 5.00 Å². The normalized spacial score (nSPS) is 10.9. The number of fused-ring (bicyclic) bond motifs is 1. The molecule has 0 unspecified atom stereocenters. The molecule has 0 saturated carbocycles. The fourth-order valence-electron chi connectivity index (χ4n) is 2.80. The van der Waals surface area contributed by atoms with Gasteiger partial charge in [-0.2, -0.15) is 0 Å². The Hall–Kier alpha value is -2.86. The zero-order chi connectivity index (χ0) is 20.3. The first-order valence-electron chi connectivity index (χ1n) is 9.07. The molecule has 0 radical (unpaired) electrons. The van der Waals surface area contributed by atoms with E-state index in [2.05, 4.69) is 5.32 Å². The molecular formula is C22H23NO4S. The number of benzene rings is 2. The van der Waals surface area contributed by atoms with E-state index in [1.807, 2.05) is 56.3 Å². The van der Waals surface area contributed by atoms with Gasteiger partial charge in [0.1, 0.15) is 10.8 Å². The van der Waals surface area contributed by atoms with Gasteiger partial charge in [-0.25, -0.2) is 4.79 Å². The summed E-state index contributed by atoms with van der Waals surface area (Å²) < 4.78 is 10.9. The van der Waals surface area contributed by atoms with Gasteiger partial charge in [-0.05, 0) is 56.2 Å². The van der Waals surface area contributed by atoms with Crippen LogP contribution in [-0.2, 0) is 9.53 Å². The fraction of sp³-hybridized carbons (Fsp3) is 0.273. The molecule has 146 valence electrons. The van der Waals surface area contributed by atoms with Gasteiger partial charge in [-0.3, -0.25) is 4.79 Å². The summed E-state index contributed by atoms with van der Waals surface area (Å²) in [6.07, 6.45) is -0.230. The maximum Gasteiger partial charge on any atom is 0.341 e. The van der Waals surface area contributed by atoms with E-state index in [1.54, 1.807) is 13.8 Å². The summed E-state index contributed by atoms with van der Waals surface area (Å²) in [5.41, 5.74) is 1.23. The highest BCUT2D eigenvalue weighted by Gasteiger charge is 2.23. The van der Waals surface area contributed by atoms with E-state index >= 15 is 0 Å². The highest BCUT2D eigenvalue weighted by atomic mass is 32.1. The molecule has 0 aliphatic rings. The molecule has 3 aromatic rings. The molecule has 3 rings (SSSR count). The van der Waals surface area contributed by atoms with Crippen LogP contribution in [0.25, 0.3) is 10.8 Å². The lowest BCUT2D eigenvalue weighted by atomic mass is 10.1. The molecule has 0 aliphatic heterocycles. The van der Waals surface area contributed by atoms with Crippen molar-refractivity contribution in [1.82, 2.24) is 0 Å². The maximum absolute atomic E-state index is 12.4. The van der Waals surface area contributed by atoms with Gasteiger partial charge in [0.25, 0.3) is 5.91 Å². The molecule has 2 aromatic carbocycles. The summed E-state index contributed by atoms with van der Waals surface area (Å²) >= 11 is 1.36.